The molecule has 1 aliphatic rings. The minimum Gasteiger partial charge on any atom is -0.481 e. The number of anilines is 1. The van der Waals surface area contributed by atoms with E-state index in [0.29, 0.717) is 49.6 Å². The van der Waals surface area contributed by atoms with Crippen molar-refractivity contribution in [1.29, 1.82) is 0 Å². The number of carbonyl (C=O) groups excluding carboxylic acids is 1. The van der Waals surface area contributed by atoms with E-state index in [2.05, 4.69) is 9.97 Å². The molecular weight excluding hydrogens is 342 g/mol. The Labute approximate surface area is 148 Å². The molecule has 1 aliphatic heterocycles. The van der Waals surface area contributed by atoms with Crippen LogP contribution >= 0.6 is 0 Å². The molecule has 0 spiro atoms. The van der Waals surface area contributed by atoms with Crippen molar-refractivity contribution in [2.45, 2.75) is 13.3 Å². The van der Waals surface area contributed by atoms with Gasteiger partial charge in [-0.05, 0) is 19.4 Å². The summed E-state index contributed by atoms with van der Waals surface area (Å²) in [5.41, 5.74) is 1.19. The zero-order valence-electron chi connectivity index (χ0n) is 14.2. The third-order valence-corrected chi connectivity index (χ3v) is 4.51. The number of aliphatic carboxylic acids is 1. The first-order valence-electron chi connectivity index (χ1n) is 8.27. The predicted molar refractivity (Wildman–Crippen MR) is 93.0 cm³/mol. The van der Waals surface area contributed by atoms with Crippen molar-refractivity contribution in [3.05, 3.63) is 28.3 Å². The number of aromatic amines is 1. The van der Waals surface area contributed by atoms with Crippen LogP contribution in [0.25, 0.3) is 11.0 Å². The highest BCUT2D eigenvalue weighted by atomic mass is 16.6. The second kappa shape index (κ2) is 6.98. The molecule has 26 heavy (non-hydrogen) atoms. The summed E-state index contributed by atoms with van der Waals surface area (Å²) in [6.07, 6.45) is 0.676. The number of imidazole rings is 1. The van der Waals surface area contributed by atoms with E-state index < -0.39 is 16.8 Å². The molecule has 10 nitrogen and oxygen atoms in total. The van der Waals surface area contributed by atoms with Gasteiger partial charge in [-0.3, -0.25) is 19.7 Å². The Balaban J connectivity index is 1.75. The Hall–Kier alpha value is -3.17. The molecule has 1 unspecified atom stereocenters. The van der Waals surface area contributed by atoms with Crippen LogP contribution < -0.4 is 4.90 Å². The van der Waals surface area contributed by atoms with Crippen molar-refractivity contribution >= 4 is 34.5 Å². The first kappa shape index (κ1) is 17.6. The van der Waals surface area contributed by atoms with Crippen LogP contribution in [0.5, 0.6) is 0 Å². The fourth-order valence-corrected chi connectivity index (χ4v) is 2.98. The van der Waals surface area contributed by atoms with Gasteiger partial charge < -0.3 is 19.9 Å². The van der Waals surface area contributed by atoms with Crippen molar-refractivity contribution in [2.24, 2.45) is 5.92 Å². The van der Waals surface area contributed by atoms with Gasteiger partial charge in [-0.1, -0.05) is 0 Å². The first-order chi connectivity index (χ1) is 12.4. The molecule has 0 aliphatic carbocycles. The average Bonchev–Trinajstić information content (AvgIpc) is 2.88. The molecule has 2 N–H and O–H groups in total. The molecule has 1 aromatic carbocycles. The van der Waals surface area contributed by atoms with Gasteiger partial charge in [0.25, 0.3) is 5.69 Å². The molecule has 138 valence electrons. The van der Waals surface area contributed by atoms with Crippen LogP contribution in [-0.2, 0) is 9.59 Å². The second-order valence-electron chi connectivity index (χ2n) is 6.24. The molecule has 0 bridgehead atoms. The Morgan fingerprint density at radius 2 is 2.08 bits per heavy atom. The van der Waals surface area contributed by atoms with E-state index in [4.69, 9.17) is 5.11 Å². The van der Waals surface area contributed by atoms with Crippen molar-refractivity contribution < 1.29 is 19.6 Å². The van der Waals surface area contributed by atoms with Gasteiger partial charge in [0.1, 0.15) is 5.92 Å². The van der Waals surface area contributed by atoms with Crippen molar-refractivity contribution in [3.8, 4) is 0 Å². The summed E-state index contributed by atoms with van der Waals surface area (Å²) in [5.74, 6) is -2.00. The number of nitro groups is 1. The molecule has 3 rings (SSSR count). The Morgan fingerprint density at radius 1 is 1.31 bits per heavy atom. The molecule has 2 aromatic rings. The average molecular weight is 361 g/mol. The minimum atomic E-state index is -1.13. The summed E-state index contributed by atoms with van der Waals surface area (Å²) in [6, 6.07) is 4.44. The number of amides is 1. The van der Waals surface area contributed by atoms with Gasteiger partial charge in [-0.2, -0.15) is 0 Å². The van der Waals surface area contributed by atoms with Gasteiger partial charge in [0, 0.05) is 38.3 Å². The maximum atomic E-state index is 12.2. The van der Waals surface area contributed by atoms with Crippen molar-refractivity contribution in [3.63, 3.8) is 0 Å². The van der Waals surface area contributed by atoms with Crippen molar-refractivity contribution in [2.75, 3.05) is 31.1 Å². The lowest BCUT2D eigenvalue weighted by Gasteiger charge is -2.23. The quantitative estimate of drug-likeness (QED) is 0.475. The predicted octanol–water partition coefficient (Wildman–Crippen LogP) is 1.23. The lowest BCUT2D eigenvalue weighted by molar-refractivity contribution is -0.384. The lowest BCUT2D eigenvalue weighted by Crippen LogP contribution is -2.40. The number of hydrogen-bond acceptors (Lipinski definition) is 6. The summed E-state index contributed by atoms with van der Waals surface area (Å²) in [6.45, 7) is 3.42. The fraction of sp³-hybridized carbons (Fsp3) is 0.438. The number of non-ortho nitro benzene ring substituents is 1. The zero-order valence-corrected chi connectivity index (χ0v) is 14.2. The van der Waals surface area contributed by atoms with Gasteiger partial charge in [-0.15, -0.1) is 0 Å². The topological polar surface area (TPSA) is 133 Å². The van der Waals surface area contributed by atoms with Gasteiger partial charge in [0.2, 0.25) is 11.9 Å². The number of benzene rings is 1. The number of nitro benzene ring substituents is 1. The van der Waals surface area contributed by atoms with E-state index in [0.717, 1.165) is 0 Å². The van der Waals surface area contributed by atoms with Crippen LogP contribution in [0.3, 0.4) is 0 Å². The molecule has 0 radical (unpaired) electrons. The molecule has 1 fully saturated rings. The summed E-state index contributed by atoms with van der Waals surface area (Å²) < 4.78 is 0. The van der Waals surface area contributed by atoms with Gasteiger partial charge in [0.05, 0.1) is 16.0 Å². The highest BCUT2D eigenvalue weighted by Gasteiger charge is 2.28. The van der Waals surface area contributed by atoms with E-state index >= 15 is 0 Å². The van der Waals surface area contributed by atoms with Crippen LogP contribution in [0.4, 0.5) is 11.6 Å². The molecule has 1 aromatic heterocycles. The van der Waals surface area contributed by atoms with Crippen molar-refractivity contribution in [1.82, 2.24) is 14.9 Å². The van der Waals surface area contributed by atoms with E-state index in [9.17, 15) is 19.7 Å². The second-order valence-corrected chi connectivity index (χ2v) is 6.24. The third kappa shape index (κ3) is 3.44. The van der Waals surface area contributed by atoms with Crippen LogP contribution in [0.15, 0.2) is 18.2 Å². The number of nitrogens with zero attached hydrogens (tertiary/aromatic N) is 4. The lowest BCUT2D eigenvalue weighted by atomic mass is 10.1. The summed E-state index contributed by atoms with van der Waals surface area (Å²) in [4.78, 5) is 44.7. The zero-order chi connectivity index (χ0) is 18.8. The summed E-state index contributed by atoms with van der Waals surface area (Å²) in [7, 11) is 0. The van der Waals surface area contributed by atoms with Crippen LogP contribution in [0.1, 0.15) is 13.3 Å². The number of fused-ring (bicyclic) bond motifs is 1. The number of hydrogen-bond donors (Lipinski definition) is 2. The summed E-state index contributed by atoms with van der Waals surface area (Å²) in [5, 5.41) is 19.9. The SMILES string of the molecule is CC(C(=O)O)C(=O)N1CCCN(c2nc3ccc([N+](=O)[O-])cc3[nH]2)CC1. The molecule has 1 amide bonds. The Bertz CT molecular complexity index is 864. The van der Waals surface area contributed by atoms with Crippen LogP contribution in [0, 0.1) is 16.0 Å². The van der Waals surface area contributed by atoms with E-state index in [1.165, 1.54) is 19.1 Å². The highest BCUT2D eigenvalue weighted by Crippen LogP contribution is 2.23. The largest absolute Gasteiger partial charge is 0.481 e. The van der Waals surface area contributed by atoms with Crippen LogP contribution in [-0.4, -0.2) is 63.0 Å². The monoisotopic (exact) mass is 361 g/mol. The smallest absolute Gasteiger partial charge is 0.315 e. The molecule has 1 saturated heterocycles. The number of carboxylic acids is 1. The fourth-order valence-electron chi connectivity index (χ4n) is 2.98. The Morgan fingerprint density at radius 3 is 2.77 bits per heavy atom. The number of nitrogens with one attached hydrogen (secondary N) is 1. The Kier molecular flexibility index (Phi) is 4.74. The van der Waals surface area contributed by atoms with Gasteiger partial charge in [-0.25, -0.2) is 4.98 Å². The molecular formula is C16H19N5O5. The number of rotatable bonds is 4. The molecule has 10 heteroatoms. The van der Waals surface area contributed by atoms with Gasteiger partial charge >= 0.3 is 5.97 Å². The molecule has 0 saturated carbocycles. The molecule has 2 heterocycles. The van der Waals surface area contributed by atoms with Gasteiger partial charge in [0.15, 0.2) is 0 Å². The van der Waals surface area contributed by atoms with Crippen LogP contribution in [0.2, 0.25) is 0 Å². The normalized spacial score (nSPS) is 16.3. The van der Waals surface area contributed by atoms with E-state index in [-0.39, 0.29) is 11.6 Å². The number of aromatic nitrogens is 2. The highest BCUT2D eigenvalue weighted by molar-refractivity contribution is 5.96. The molecule has 1 atom stereocenters. The maximum Gasteiger partial charge on any atom is 0.315 e. The number of carboxylic acid groups (broad SMARTS) is 1. The number of H-pyrrole nitrogens is 1. The maximum absolute atomic E-state index is 12.2. The third-order valence-electron chi connectivity index (χ3n) is 4.51. The number of carbonyl (C=O) groups is 2. The summed E-state index contributed by atoms with van der Waals surface area (Å²) >= 11 is 0. The standard InChI is InChI=1S/C16H19N5O5/c1-10(15(23)24)14(22)19-5-2-6-20(8-7-19)16-17-12-4-3-11(21(25)26)9-13(12)18-16/h3-4,9-10H,2,5-8H2,1H3,(H,17,18)(H,23,24). The minimum absolute atomic E-state index is 0.0111. The van der Waals surface area contributed by atoms with E-state index in [1.807, 2.05) is 4.90 Å². The van der Waals surface area contributed by atoms with E-state index in [1.54, 1.807) is 11.0 Å². The first-order valence-corrected chi connectivity index (χ1v) is 8.27.